The Morgan fingerprint density at radius 2 is 1.77 bits per heavy atom. The molecule has 4 heteroatoms. The second-order valence-electron chi connectivity index (χ2n) is 6.08. The van der Waals surface area contributed by atoms with Crippen LogP contribution in [-0.2, 0) is 13.2 Å². The first-order valence-electron chi connectivity index (χ1n) is 8.42. The van der Waals surface area contributed by atoms with Gasteiger partial charge in [0.2, 0.25) is 0 Å². The van der Waals surface area contributed by atoms with Gasteiger partial charge in [0.15, 0.2) is 0 Å². The lowest BCUT2D eigenvalue weighted by molar-refractivity contribution is 0.0951. The van der Waals surface area contributed by atoms with Crippen LogP contribution < -0.4 is 10.1 Å². The van der Waals surface area contributed by atoms with E-state index in [1.165, 1.54) is 5.56 Å². The summed E-state index contributed by atoms with van der Waals surface area (Å²) >= 11 is 6.12. The van der Waals surface area contributed by atoms with Gasteiger partial charge in [-0.25, -0.2) is 0 Å². The minimum atomic E-state index is -0.107. The van der Waals surface area contributed by atoms with Crippen molar-refractivity contribution in [1.82, 2.24) is 5.32 Å². The normalized spacial score (nSPS) is 10.4. The summed E-state index contributed by atoms with van der Waals surface area (Å²) < 4.78 is 5.73. The Balaban J connectivity index is 1.55. The highest BCUT2D eigenvalue weighted by atomic mass is 35.5. The van der Waals surface area contributed by atoms with Crippen molar-refractivity contribution in [2.45, 2.75) is 20.1 Å². The smallest absolute Gasteiger partial charge is 0.251 e. The van der Waals surface area contributed by atoms with Crippen molar-refractivity contribution >= 4 is 17.5 Å². The van der Waals surface area contributed by atoms with E-state index in [0.29, 0.717) is 29.5 Å². The number of rotatable bonds is 6. The van der Waals surface area contributed by atoms with Crippen LogP contribution in [0.5, 0.6) is 5.75 Å². The Bertz CT molecular complexity index is 891. The molecule has 132 valence electrons. The number of ether oxygens (including phenoxy) is 1. The Labute approximate surface area is 158 Å². The van der Waals surface area contributed by atoms with E-state index >= 15 is 0 Å². The van der Waals surface area contributed by atoms with Crippen molar-refractivity contribution in [3.8, 4) is 5.75 Å². The topological polar surface area (TPSA) is 38.3 Å². The molecule has 0 atom stereocenters. The molecule has 0 aliphatic carbocycles. The second-order valence-corrected chi connectivity index (χ2v) is 6.48. The fraction of sp³-hybridized carbons (Fsp3) is 0.136. The summed E-state index contributed by atoms with van der Waals surface area (Å²) in [5.74, 6) is 0.587. The fourth-order valence-electron chi connectivity index (χ4n) is 2.59. The average Bonchev–Trinajstić information content (AvgIpc) is 2.66. The third-order valence-electron chi connectivity index (χ3n) is 4.00. The van der Waals surface area contributed by atoms with E-state index in [9.17, 15) is 4.79 Å². The van der Waals surface area contributed by atoms with Gasteiger partial charge < -0.3 is 10.1 Å². The van der Waals surface area contributed by atoms with Gasteiger partial charge in [0.1, 0.15) is 12.4 Å². The molecule has 0 radical (unpaired) electrons. The lowest BCUT2D eigenvalue weighted by Gasteiger charge is -2.09. The summed E-state index contributed by atoms with van der Waals surface area (Å²) in [6.07, 6.45) is 0. The molecule has 0 saturated heterocycles. The molecule has 0 bridgehead atoms. The third-order valence-corrected chi connectivity index (χ3v) is 4.37. The molecule has 3 nitrogen and oxygen atoms in total. The fourth-order valence-corrected chi connectivity index (χ4v) is 2.78. The summed E-state index contributed by atoms with van der Waals surface area (Å²) in [7, 11) is 0. The van der Waals surface area contributed by atoms with Gasteiger partial charge >= 0.3 is 0 Å². The highest BCUT2D eigenvalue weighted by Gasteiger charge is 2.06. The molecule has 0 saturated carbocycles. The van der Waals surface area contributed by atoms with Gasteiger partial charge in [-0.3, -0.25) is 4.79 Å². The maximum absolute atomic E-state index is 12.3. The van der Waals surface area contributed by atoms with Crippen molar-refractivity contribution in [2.75, 3.05) is 0 Å². The molecule has 0 aromatic heterocycles. The summed E-state index contributed by atoms with van der Waals surface area (Å²) in [4.78, 5) is 12.3. The summed E-state index contributed by atoms with van der Waals surface area (Å²) in [6, 6.07) is 22.7. The number of benzene rings is 3. The van der Waals surface area contributed by atoms with Crippen LogP contribution in [0.3, 0.4) is 0 Å². The number of amides is 1. The van der Waals surface area contributed by atoms with E-state index < -0.39 is 0 Å². The van der Waals surface area contributed by atoms with Crippen LogP contribution in [-0.4, -0.2) is 5.91 Å². The molecule has 26 heavy (non-hydrogen) atoms. The summed E-state index contributed by atoms with van der Waals surface area (Å²) in [5, 5.41) is 3.61. The number of nitrogens with one attached hydrogen (secondary N) is 1. The molecule has 3 rings (SSSR count). The first-order chi connectivity index (χ1) is 12.6. The van der Waals surface area contributed by atoms with Gasteiger partial charge in [-0.2, -0.15) is 0 Å². The number of hydrogen-bond donors (Lipinski definition) is 1. The minimum Gasteiger partial charge on any atom is -0.489 e. The maximum atomic E-state index is 12.3. The Hall–Kier alpha value is -2.78. The maximum Gasteiger partial charge on any atom is 0.251 e. The molecule has 0 aliphatic heterocycles. The standard InChI is InChI=1S/C22H20ClNO2/c1-16-5-4-6-17(13-16)14-24-22(25)18-9-11-20(12-10-18)26-15-19-7-2-3-8-21(19)23/h2-13H,14-15H2,1H3,(H,24,25). The Morgan fingerprint density at radius 3 is 2.50 bits per heavy atom. The van der Waals surface area contributed by atoms with Crippen molar-refractivity contribution in [3.63, 3.8) is 0 Å². The van der Waals surface area contributed by atoms with Gasteiger partial charge in [0.05, 0.1) is 0 Å². The van der Waals surface area contributed by atoms with Crippen molar-refractivity contribution in [3.05, 3.63) is 100 Å². The van der Waals surface area contributed by atoms with Gasteiger partial charge in [0, 0.05) is 22.7 Å². The molecule has 0 aliphatic rings. The lowest BCUT2D eigenvalue weighted by Crippen LogP contribution is -2.22. The largest absolute Gasteiger partial charge is 0.489 e. The van der Waals surface area contributed by atoms with Gasteiger partial charge in [-0.05, 0) is 42.8 Å². The lowest BCUT2D eigenvalue weighted by atomic mass is 10.1. The molecule has 0 unspecified atom stereocenters. The molecule has 3 aromatic rings. The number of carbonyl (C=O) groups excluding carboxylic acids is 1. The van der Waals surface area contributed by atoms with Crippen molar-refractivity contribution in [2.24, 2.45) is 0 Å². The number of aryl methyl sites for hydroxylation is 1. The number of halogens is 1. The average molecular weight is 366 g/mol. The van der Waals surface area contributed by atoms with Crippen LogP contribution in [0, 0.1) is 6.92 Å². The van der Waals surface area contributed by atoms with Crippen molar-refractivity contribution in [1.29, 1.82) is 0 Å². The molecule has 0 fully saturated rings. The quantitative estimate of drug-likeness (QED) is 0.655. The third kappa shape index (κ3) is 4.87. The molecule has 1 amide bonds. The molecule has 0 spiro atoms. The zero-order chi connectivity index (χ0) is 18.4. The van der Waals surface area contributed by atoms with E-state index in [0.717, 1.165) is 11.1 Å². The van der Waals surface area contributed by atoms with E-state index in [1.54, 1.807) is 24.3 Å². The van der Waals surface area contributed by atoms with Gasteiger partial charge in [0.25, 0.3) is 5.91 Å². The summed E-state index contributed by atoms with van der Waals surface area (Å²) in [5.41, 5.74) is 3.78. The van der Waals surface area contributed by atoms with Crippen LogP contribution in [0.4, 0.5) is 0 Å². The Morgan fingerprint density at radius 1 is 1.00 bits per heavy atom. The molecular formula is C22H20ClNO2. The predicted molar refractivity (Wildman–Crippen MR) is 105 cm³/mol. The van der Waals surface area contributed by atoms with Crippen LogP contribution in [0.15, 0.2) is 72.8 Å². The van der Waals surface area contributed by atoms with E-state index in [1.807, 2.05) is 49.4 Å². The monoisotopic (exact) mass is 365 g/mol. The molecule has 3 aromatic carbocycles. The SMILES string of the molecule is Cc1cccc(CNC(=O)c2ccc(OCc3ccccc3Cl)cc2)c1. The first-order valence-corrected chi connectivity index (χ1v) is 8.79. The molecule has 1 N–H and O–H groups in total. The number of hydrogen-bond acceptors (Lipinski definition) is 2. The molecule has 0 heterocycles. The second kappa shape index (κ2) is 8.54. The first kappa shape index (κ1) is 18.0. The predicted octanol–water partition coefficient (Wildman–Crippen LogP) is 5.16. The Kier molecular flexibility index (Phi) is 5.92. The minimum absolute atomic E-state index is 0.107. The van der Waals surface area contributed by atoms with E-state index in [4.69, 9.17) is 16.3 Å². The highest BCUT2D eigenvalue weighted by molar-refractivity contribution is 6.31. The molecular weight excluding hydrogens is 346 g/mol. The van der Waals surface area contributed by atoms with Crippen LogP contribution in [0.25, 0.3) is 0 Å². The van der Waals surface area contributed by atoms with E-state index in [-0.39, 0.29) is 5.91 Å². The van der Waals surface area contributed by atoms with Crippen LogP contribution >= 0.6 is 11.6 Å². The van der Waals surface area contributed by atoms with Gasteiger partial charge in [-0.15, -0.1) is 0 Å². The van der Waals surface area contributed by atoms with Crippen LogP contribution in [0.2, 0.25) is 5.02 Å². The van der Waals surface area contributed by atoms with Crippen LogP contribution in [0.1, 0.15) is 27.0 Å². The highest BCUT2D eigenvalue weighted by Crippen LogP contribution is 2.19. The van der Waals surface area contributed by atoms with E-state index in [2.05, 4.69) is 11.4 Å². The summed E-state index contributed by atoms with van der Waals surface area (Å²) in [6.45, 7) is 2.93. The zero-order valence-electron chi connectivity index (χ0n) is 14.5. The van der Waals surface area contributed by atoms with Gasteiger partial charge in [-0.1, -0.05) is 59.6 Å². The zero-order valence-corrected chi connectivity index (χ0v) is 15.3. The van der Waals surface area contributed by atoms with Crippen molar-refractivity contribution < 1.29 is 9.53 Å². The number of carbonyl (C=O) groups is 1.